The maximum Gasteiger partial charge on any atom is 0.416 e. The summed E-state index contributed by atoms with van der Waals surface area (Å²) in [6, 6.07) is 0. The van der Waals surface area contributed by atoms with E-state index in [2.05, 4.69) is 14.7 Å². The van der Waals surface area contributed by atoms with Crippen LogP contribution in [0.2, 0.25) is 0 Å². The van der Waals surface area contributed by atoms with Gasteiger partial charge in [0.15, 0.2) is 0 Å². The van der Waals surface area contributed by atoms with Gasteiger partial charge in [-0.05, 0) is 0 Å². The van der Waals surface area contributed by atoms with Crippen molar-refractivity contribution in [3.05, 3.63) is 22.5 Å². The van der Waals surface area contributed by atoms with Gasteiger partial charge in [0.2, 0.25) is 0 Å². The molecule has 3 N–H and O–H groups in total. The van der Waals surface area contributed by atoms with Crippen molar-refractivity contribution in [3.63, 3.8) is 0 Å². The second kappa shape index (κ2) is 4.26. The predicted molar refractivity (Wildman–Crippen MR) is 43.9 cm³/mol. The fourth-order valence-electron chi connectivity index (χ4n) is 0.770. The third-order valence-electron chi connectivity index (χ3n) is 1.39. The molecule has 1 aromatic rings. The highest BCUT2D eigenvalue weighted by Gasteiger charge is 2.08. The largest absolute Gasteiger partial charge is 0.481 e. The number of rotatable bonds is 4. The Labute approximate surface area is 77.7 Å². The molecule has 0 saturated carbocycles. The lowest BCUT2D eigenvalue weighted by atomic mass is 10.4. The third-order valence-corrected chi connectivity index (χ3v) is 1.39. The van der Waals surface area contributed by atoms with Crippen molar-refractivity contribution in [2.24, 2.45) is 0 Å². The molecule has 1 amide bonds. The van der Waals surface area contributed by atoms with Crippen molar-refractivity contribution in [2.45, 2.75) is 6.42 Å². The van der Waals surface area contributed by atoms with Crippen LogP contribution in [0.4, 0.5) is 0 Å². The van der Waals surface area contributed by atoms with Crippen LogP contribution in [0.25, 0.3) is 0 Å². The van der Waals surface area contributed by atoms with Crippen LogP contribution in [0.15, 0.2) is 15.5 Å². The second-order valence-electron chi connectivity index (χ2n) is 2.46. The van der Waals surface area contributed by atoms with Crippen LogP contribution in [0.5, 0.6) is 0 Å². The van der Waals surface area contributed by atoms with Gasteiger partial charge in [-0.2, -0.15) is 0 Å². The van der Waals surface area contributed by atoms with Gasteiger partial charge in [-0.15, -0.1) is 0 Å². The summed E-state index contributed by atoms with van der Waals surface area (Å²) in [7, 11) is 0. The number of carboxylic acids is 1. The van der Waals surface area contributed by atoms with Gasteiger partial charge in [0.1, 0.15) is 12.0 Å². The molecular weight excluding hydrogens is 192 g/mol. The maximum atomic E-state index is 11.1. The van der Waals surface area contributed by atoms with Gasteiger partial charge in [-0.25, -0.2) is 4.79 Å². The SMILES string of the molecule is O=C(O)CCNC(=O)c1coc(=O)[nH]1. The molecule has 76 valence electrons. The first-order valence-electron chi connectivity index (χ1n) is 3.77. The molecule has 0 spiro atoms. The van der Waals surface area contributed by atoms with Crippen LogP contribution in [0.3, 0.4) is 0 Å². The Kier molecular flexibility index (Phi) is 3.05. The predicted octanol–water partition coefficient (Wildman–Crippen LogP) is -0.828. The smallest absolute Gasteiger partial charge is 0.416 e. The highest BCUT2D eigenvalue weighted by atomic mass is 16.4. The monoisotopic (exact) mass is 200 g/mol. The van der Waals surface area contributed by atoms with Gasteiger partial charge >= 0.3 is 11.7 Å². The number of hydrogen-bond donors (Lipinski definition) is 3. The van der Waals surface area contributed by atoms with Crippen LogP contribution >= 0.6 is 0 Å². The van der Waals surface area contributed by atoms with E-state index in [1.54, 1.807) is 0 Å². The number of H-pyrrole nitrogens is 1. The highest BCUT2D eigenvalue weighted by Crippen LogP contribution is 1.89. The number of carboxylic acid groups (broad SMARTS) is 1. The number of amides is 1. The fraction of sp³-hybridized carbons (Fsp3) is 0.286. The van der Waals surface area contributed by atoms with E-state index in [1.807, 2.05) is 0 Å². The van der Waals surface area contributed by atoms with Crippen molar-refractivity contribution >= 4 is 11.9 Å². The highest BCUT2D eigenvalue weighted by molar-refractivity contribution is 5.91. The number of nitrogens with one attached hydrogen (secondary N) is 2. The maximum absolute atomic E-state index is 11.1. The normalized spacial score (nSPS) is 9.71. The standard InChI is InChI=1S/C7H8N2O5/c10-5(11)1-2-8-6(12)4-3-14-7(13)9-4/h3H,1-2H2,(H,8,12)(H,9,13)(H,10,11). The molecule has 14 heavy (non-hydrogen) atoms. The van der Waals surface area contributed by atoms with Crippen LogP contribution in [0, 0.1) is 0 Å². The number of carbonyl (C=O) groups is 2. The number of aliphatic carboxylic acids is 1. The summed E-state index contributed by atoms with van der Waals surface area (Å²) in [6.45, 7) is 0.00137. The van der Waals surface area contributed by atoms with Gasteiger partial charge in [0.05, 0.1) is 6.42 Å². The topological polar surface area (TPSA) is 112 Å². The Balaban J connectivity index is 2.43. The zero-order chi connectivity index (χ0) is 10.6. The molecule has 0 aromatic carbocycles. The van der Waals surface area contributed by atoms with Gasteiger partial charge in [0, 0.05) is 6.54 Å². The zero-order valence-electron chi connectivity index (χ0n) is 7.07. The lowest BCUT2D eigenvalue weighted by Gasteiger charge is -1.98. The molecule has 1 rings (SSSR count). The Morgan fingerprint density at radius 1 is 1.57 bits per heavy atom. The average Bonchev–Trinajstić information content (AvgIpc) is 2.51. The van der Waals surface area contributed by atoms with E-state index in [9.17, 15) is 14.4 Å². The molecule has 0 aliphatic rings. The minimum Gasteiger partial charge on any atom is -0.481 e. The summed E-state index contributed by atoms with van der Waals surface area (Å²) in [5, 5.41) is 10.6. The molecule has 0 unspecified atom stereocenters. The number of hydrogen-bond acceptors (Lipinski definition) is 4. The number of aromatic amines is 1. The summed E-state index contributed by atoms with van der Waals surface area (Å²) in [4.78, 5) is 33.8. The molecular formula is C7H8N2O5. The minimum absolute atomic E-state index is 0.00137. The molecule has 7 nitrogen and oxygen atoms in total. The summed E-state index contributed by atoms with van der Waals surface area (Å²) in [6.07, 6.45) is 0.798. The van der Waals surface area contributed by atoms with E-state index in [-0.39, 0.29) is 18.7 Å². The number of oxazole rings is 1. The summed E-state index contributed by atoms with van der Waals surface area (Å²) in [5.41, 5.74) is -0.0274. The summed E-state index contributed by atoms with van der Waals surface area (Å²) >= 11 is 0. The Bertz CT molecular complexity index is 391. The lowest BCUT2D eigenvalue weighted by molar-refractivity contribution is -0.136. The number of carbonyl (C=O) groups excluding carboxylic acids is 1. The van der Waals surface area contributed by atoms with Gasteiger partial charge < -0.3 is 14.8 Å². The van der Waals surface area contributed by atoms with Gasteiger partial charge in [-0.1, -0.05) is 0 Å². The van der Waals surface area contributed by atoms with Gasteiger partial charge in [0.25, 0.3) is 5.91 Å². The number of aromatic nitrogens is 1. The molecule has 0 saturated heterocycles. The Morgan fingerprint density at radius 2 is 2.29 bits per heavy atom. The molecule has 1 heterocycles. The third kappa shape index (κ3) is 2.77. The van der Waals surface area contributed by atoms with Crippen LogP contribution in [-0.2, 0) is 4.79 Å². The van der Waals surface area contributed by atoms with Crippen molar-refractivity contribution in [2.75, 3.05) is 6.54 Å². The van der Waals surface area contributed by atoms with E-state index >= 15 is 0 Å². The Morgan fingerprint density at radius 3 is 2.79 bits per heavy atom. The summed E-state index contributed by atoms with van der Waals surface area (Å²) in [5.74, 6) is -2.31. The molecule has 0 aliphatic carbocycles. The molecule has 1 aromatic heterocycles. The molecule has 0 aliphatic heterocycles. The average molecular weight is 200 g/mol. The van der Waals surface area contributed by atoms with Crippen LogP contribution in [0.1, 0.15) is 16.9 Å². The first-order valence-corrected chi connectivity index (χ1v) is 3.77. The minimum atomic E-state index is -1.01. The van der Waals surface area contributed by atoms with E-state index in [1.165, 1.54) is 0 Å². The van der Waals surface area contributed by atoms with E-state index < -0.39 is 17.6 Å². The van der Waals surface area contributed by atoms with E-state index in [0.29, 0.717) is 0 Å². The summed E-state index contributed by atoms with van der Waals surface area (Å²) < 4.78 is 4.32. The van der Waals surface area contributed by atoms with Crippen LogP contribution in [-0.4, -0.2) is 28.5 Å². The first-order chi connectivity index (χ1) is 6.59. The van der Waals surface area contributed by atoms with E-state index in [4.69, 9.17) is 5.11 Å². The second-order valence-corrected chi connectivity index (χ2v) is 2.46. The molecule has 7 heteroatoms. The van der Waals surface area contributed by atoms with Crippen LogP contribution < -0.4 is 11.1 Å². The lowest BCUT2D eigenvalue weighted by Crippen LogP contribution is -2.26. The van der Waals surface area contributed by atoms with Crippen molar-refractivity contribution in [1.29, 1.82) is 0 Å². The van der Waals surface area contributed by atoms with Crippen molar-refractivity contribution in [3.8, 4) is 0 Å². The fourth-order valence-corrected chi connectivity index (χ4v) is 0.770. The first kappa shape index (κ1) is 10.0. The zero-order valence-corrected chi connectivity index (χ0v) is 7.07. The van der Waals surface area contributed by atoms with Gasteiger partial charge in [-0.3, -0.25) is 14.6 Å². The molecule has 0 radical (unpaired) electrons. The Hall–Kier alpha value is -2.05. The molecule has 0 fully saturated rings. The molecule has 0 atom stereocenters. The quantitative estimate of drug-likeness (QED) is 0.587. The van der Waals surface area contributed by atoms with Crippen molar-refractivity contribution < 1.29 is 19.1 Å². The van der Waals surface area contributed by atoms with Crippen molar-refractivity contribution in [1.82, 2.24) is 10.3 Å². The molecule has 0 bridgehead atoms. The van der Waals surface area contributed by atoms with E-state index in [0.717, 1.165) is 6.26 Å².